The first-order valence-electron chi connectivity index (χ1n) is 5.23. The van der Waals surface area contributed by atoms with E-state index in [9.17, 15) is 13.6 Å². The molecule has 18 heavy (non-hydrogen) atoms. The summed E-state index contributed by atoms with van der Waals surface area (Å²) in [6.45, 7) is -0.879. The van der Waals surface area contributed by atoms with Crippen molar-refractivity contribution < 1.29 is 13.6 Å². The largest absolute Gasteiger partial charge is 0.346 e. The lowest BCUT2D eigenvalue weighted by Gasteiger charge is -2.01. The van der Waals surface area contributed by atoms with Gasteiger partial charge < -0.3 is 5.32 Å². The highest BCUT2D eigenvalue weighted by Gasteiger charge is 2.16. The lowest BCUT2D eigenvalue weighted by Crippen LogP contribution is -2.23. The molecular weight excluding hydrogens is 260 g/mol. The van der Waals surface area contributed by atoms with Gasteiger partial charge in [-0.15, -0.1) is 11.3 Å². The van der Waals surface area contributed by atoms with Crippen LogP contribution in [0.5, 0.6) is 0 Å². The van der Waals surface area contributed by atoms with Gasteiger partial charge in [0.2, 0.25) is 0 Å². The molecule has 7 heteroatoms. The maximum absolute atomic E-state index is 12.5. The summed E-state index contributed by atoms with van der Waals surface area (Å²) in [6.07, 6.45) is 0. The monoisotopic (exact) mass is 271 g/mol. The molecule has 0 saturated carbocycles. The van der Waals surface area contributed by atoms with Crippen LogP contribution in [0, 0.1) is 6.92 Å². The zero-order valence-corrected chi connectivity index (χ0v) is 10.4. The van der Waals surface area contributed by atoms with Crippen LogP contribution in [0.4, 0.5) is 8.78 Å². The van der Waals surface area contributed by atoms with E-state index in [1.165, 1.54) is 24.3 Å². The van der Waals surface area contributed by atoms with E-state index in [0.717, 1.165) is 4.88 Å². The molecule has 2 rings (SSSR count). The Morgan fingerprint density at radius 1 is 1.61 bits per heavy atom. The minimum Gasteiger partial charge on any atom is -0.346 e. The van der Waals surface area contributed by atoms with E-state index in [1.54, 1.807) is 0 Å². The molecule has 0 aliphatic rings. The fourth-order valence-electron chi connectivity index (χ4n) is 1.47. The first kappa shape index (κ1) is 12.7. The molecule has 0 unspecified atom stereocenters. The standard InChI is InChI=1S/C11H11F2N3OS/c1-7-5-9(15-16(7)11(12)13)10(17)14-6-8-3-2-4-18-8/h2-5,11H,6H2,1H3,(H,14,17). The third kappa shape index (κ3) is 2.73. The second kappa shape index (κ2) is 5.26. The number of nitrogens with zero attached hydrogens (tertiary/aromatic N) is 2. The van der Waals surface area contributed by atoms with Crippen molar-refractivity contribution in [3.05, 3.63) is 39.8 Å². The van der Waals surface area contributed by atoms with Crippen molar-refractivity contribution in [1.29, 1.82) is 0 Å². The fraction of sp³-hybridized carbons (Fsp3) is 0.273. The summed E-state index contributed by atoms with van der Waals surface area (Å²) >= 11 is 1.51. The van der Waals surface area contributed by atoms with Crippen molar-refractivity contribution in [2.45, 2.75) is 20.0 Å². The minimum absolute atomic E-state index is 0.00403. The average molecular weight is 271 g/mol. The highest BCUT2D eigenvalue weighted by Crippen LogP contribution is 2.14. The normalized spacial score (nSPS) is 10.9. The molecule has 0 bridgehead atoms. The van der Waals surface area contributed by atoms with Crippen molar-refractivity contribution in [2.24, 2.45) is 0 Å². The number of carbonyl (C=O) groups excluding carboxylic acids is 1. The molecule has 96 valence electrons. The Kier molecular flexibility index (Phi) is 3.71. The van der Waals surface area contributed by atoms with E-state index in [2.05, 4.69) is 10.4 Å². The summed E-state index contributed by atoms with van der Waals surface area (Å²) in [7, 11) is 0. The van der Waals surface area contributed by atoms with Crippen molar-refractivity contribution in [2.75, 3.05) is 0 Å². The number of nitrogens with one attached hydrogen (secondary N) is 1. The molecule has 0 aromatic carbocycles. The van der Waals surface area contributed by atoms with Crippen LogP contribution in [0.3, 0.4) is 0 Å². The molecule has 4 nitrogen and oxygen atoms in total. The minimum atomic E-state index is -2.73. The van der Waals surface area contributed by atoms with Crippen LogP contribution in [-0.4, -0.2) is 15.7 Å². The second-order valence-corrected chi connectivity index (χ2v) is 4.69. The summed E-state index contributed by atoms with van der Waals surface area (Å²) in [5.41, 5.74) is 0.260. The molecule has 1 amide bonds. The third-order valence-corrected chi connectivity index (χ3v) is 3.22. The summed E-state index contributed by atoms with van der Waals surface area (Å²) in [6, 6.07) is 5.10. The second-order valence-electron chi connectivity index (χ2n) is 3.66. The van der Waals surface area contributed by atoms with Crippen LogP contribution in [0.25, 0.3) is 0 Å². The van der Waals surface area contributed by atoms with Crippen LogP contribution in [0.15, 0.2) is 23.6 Å². The van der Waals surface area contributed by atoms with Crippen molar-refractivity contribution in [3.8, 4) is 0 Å². The van der Waals surface area contributed by atoms with E-state index in [0.29, 0.717) is 11.2 Å². The van der Waals surface area contributed by atoms with Gasteiger partial charge >= 0.3 is 6.55 Å². The fourth-order valence-corrected chi connectivity index (χ4v) is 2.11. The molecule has 0 aliphatic heterocycles. The number of aromatic nitrogens is 2. The number of rotatable bonds is 4. The topological polar surface area (TPSA) is 46.9 Å². The molecule has 0 aliphatic carbocycles. The molecule has 0 atom stereocenters. The summed E-state index contributed by atoms with van der Waals surface area (Å²) < 4.78 is 25.5. The molecule has 0 fully saturated rings. The first-order chi connectivity index (χ1) is 8.58. The Labute approximate surface area is 106 Å². The number of alkyl halides is 2. The smallest absolute Gasteiger partial charge is 0.333 e. The van der Waals surface area contributed by atoms with Gasteiger partial charge in [0.25, 0.3) is 5.91 Å². The molecular formula is C11H11F2N3OS. The Hall–Kier alpha value is -1.76. The van der Waals surface area contributed by atoms with Crippen LogP contribution in [0.2, 0.25) is 0 Å². The first-order valence-corrected chi connectivity index (χ1v) is 6.11. The van der Waals surface area contributed by atoms with Gasteiger partial charge in [0.15, 0.2) is 5.69 Å². The number of hydrogen-bond acceptors (Lipinski definition) is 3. The van der Waals surface area contributed by atoms with Gasteiger partial charge in [0.05, 0.1) is 6.54 Å². The maximum Gasteiger partial charge on any atom is 0.333 e. The van der Waals surface area contributed by atoms with E-state index in [1.807, 2.05) is 17.5 Å². The molecule has 2 aromatic rings. The number of thiophene rings is 1. The van der Waals surface area contributed by atoms with E-state index < -0.39 is 12.5 Å². The number of amides is 1. The van der Waals surface area contributed by atoms with Crippen LogP contribution in [0.1, 0.15) is 27.6 Å². The predicted molar refractivity (Wildman–Crippen MR) is 63.7 cm³/mol. The number of hydrogen-bond donors (Lipinski definition) is 1. The van der Waals surface area contributed by atoms with Crippen molar-refractivity contribution in [1.82, 2.24) is 15.1 Å². The van der Waals surface area contributed by atoms with Gasteiger partial charge in [0.1, 0.15) is 0 Å². The quantitative estimate of drug-likeness (QED) is 0.929. The number of carbonyl (C=O) groups is 1. The van der Waals surface area contributed by atoms with Crippen LogP contribution in [-0.2, 0) is 6.54 Å². The van der Waals surface area contributed by atoms with Crippen LogP contribution < -0.4 is 5.32 Å². The molecule has 0 radical (unpaired) electrons. The molecule has 0 saturated heterocycles. The summed E-state index contributed by atoms with van der Waals surface area (Å²) in [5.74, 6) is -0.453. The highest BCUT2D eigenvalue weighted by molar-refractivity contribution is 7.09. The van der Waals surface area contributed by atoms with Gasteiger partial charge in [-0.1, -0.05) is 6.07 Å². The van der Waals surface area contributed by atoms with E-state index in [4.69, 9.17) is 0 Å². The van der Waals surface area contributed by atoms with Gasteiger partial charge in [-0.05, 0) is 24.4 Å². The lowest BCUT2D eigenvalue weighted by molar-refractivity contribution is 0.0538. The van der Waals surface area contributed by atoms with Gasteiger partial charge in [0, 0.05) is 10.6 Å². The van der Waals surface area contributed by atoms with E-state index in [-0.39, 0.29) is 11.4 Å². The van der Waals surface area contributed by atoms with Gasteiger partial charge in [-0.25, -0.2) is 4.68 Å². The Bertz CT molecular complexity index is 536. The van der Waals surface area contributed by atoms with Crippen LogP contribution >= 0.6 is 11.3 Å². The molecule has 2 aromatic heterocycles. The predicted octanol–water partition coefficient (Wildman–Crippen LogP) is 2.58. The SMILES string of the molecule is Cc1cc(C(=O)NCc2cccs2)nn1C(F)F. The van der Waals surface area contributed by atoms with Crippen molar-refractivity contribution >= 4 is 17.2 Å². The molecule has 0 spiro atoms. The summed E-state index contributed by atoms with van der Waals surface area (Å²) in [4.78, 5) is 12.7. The Balaban J connectivity index is 2.03. The van der Waals surface area contributed by atoms with Gasteiger partial charge in [-0.2, -0.15) is 13.9 Å². The highest BCUT2D eigenvalue weighted by atomic mass is 32.1. The number of aryl methyl sites for hydroxylation is 1. The third-order valence-electron chi connectivity index (χ3n) is 2.34. The Morgan fingerprint density at radius 2 is 2.39 bits per heavy atom. The van der Waals surface area contributed by atoms with E-state index >= 15 is 0 Å². The molecule has 2 heterocycles. The van der Waals surface area contributed by atoms with Crippen molar-refractivity contribution in [3.63, 3.8) is 0 Å². The zero-order chi connectivity index (χ0) is 13.1. The summed E-state index contributed by atoms with van der Waals surface area (Å²) in [5, 5.41) is 8.10. The van der Waals surface area contributed by atoms with Gasteiger partial charge in [-0.3, -0.25) is 4.79 Å². The zero-order valence-electron chi connectivity index (χ0n) is 9.56. The number of halogens is 2. The lowest BCUT2D eigenvalue weighted by atomic mass is 10.3. The maximum atomic E-state index is 12.5. The average Bonchev–Trinajstić information content (AvgIpc) is 2.94. The Morgan fingerprint density at radius 3 is 2.94 bits per heavy atom. The molecule has 1 N–H and O–H groups in total.